The average molecular weight is 405 g/mol. The van der Waals surface area contributed by atoms with Crippen molar-refractivity contribution in [3.8, 4) is 5.75 Å². The number of sulfonamides is 1. The van der Waals surface area contributed by atoms with Gasteiger partial charge in [-0.25, -0.2) is 12.8 Å². The summed E-state index contributed by atoms with van der Waals surface area (Å²) in [6, 6.07) is 7.76. The van der Waals surface area contributed by atoms with Crippen molar-refractivity contribution in [3.63, 3.8) is 0 Å². The maximum Gasteiger partial charge on any atom is 0.246 e. The fourth-order valence-electron chi connectivity index (χ4n) is 3.35. The molecule has 8 nitrogen and oxygen atoms in total. The van der Waals surface area contributed by atoms with Gasteiger partial charge in [0.2, 0.25) is 10.0 Å². The lowest BCUT2D eigenvalue weighted by Gasteiger charge is -2.21. The lowest BCUT2D eigenvalue weighted by atomic mass is 10.1. The van der Waals surface area contributed by atoms with Gasteiger partial charge in [-0.05, 0) is 31.0 Å². The molecule has 0 saturated carbocycles. The van der Waals surface area contributed by atoms with Crippen LogP contribution in [0.1, 0.15) is 30.3 Å². The molecule has 0 radical (unpaired) electrons. The minimum Gasteiger partial charge on any atom is -0.490 e. The highest BCUT2D eigenvalue weighted by Gasteiger charge is 2.37. The number of benzene rings is 1. The van der Waals surface area contributed by atoms with E-state index in [2.05, 4.69) is 20.4 Å². The van der Waals surface area contributed by atoms with Crippen molar-refractivity contribution in [2.75, 3.05) is 13.2 Å². The fourth-order valence-corrected chi connectivity index (χ4v) is 4.93. The van der Waals surface area contributed by atoms with Gasteiger partial charge in [0.15, 0.2) is 11.6 Å². The summed E-state index contributed by atoms with van der Waals surface area (Å²) in [4.78, 5) is 0.147. The zero-order valence-electron chi connectivity index (χ0n) is 15.0. The third-order valence-electron chi connectivity index (χ3n) is 4.74. The Kier molecular flexibility index (Phi) is 5.14. The maximum atomic E-state index is 13.6. The van der Waals surface area contributed by atoms with Gasteiger partial charge < -0.3 is 4.74 Å². The number of rotatable bonds is 7. The molecular formula is C18H20FN5O3S. The van der Waals surface area contributed by atoms with Crippen molar-refractivity contribution in [2.45, 2.75) is 30.2 Å². The Morgan fingerprint density at radius 2 is 2.18 bits per heavy atom. The average Bonchev–Trinajstić information content (AvgIpc) is 3.44. The van der Waals surface area contributed by atoms with Crippen LogP contribution in [0.15, 0.2) is 47.6 Å². The first-order chi connectivity index (χ1) is 13.6. The second-order valence-electron chi connectivity index (χ2n) is 6.55. The molecule has 1 fully saturated rings. The van der Waals surface area contributed by atoms with E-state index in [0.717, 1.165) is 12.1 Å². The predicted molar refractivity (Wildman–Crippen MR) is 98.6 cm³/mol. The lowest BCUT2D eigenvalue weighted by Crippen LogP contribution is -2.30. The summed E-state index contributed by atoms with van der Waals surface area (Å²) in [5.74, 6) is -0.200. The van der Waals surface area contributed by atoms with E-state index in [1.54, 1.807) is 18.2 Å². The molecule has 1 atom stereocenters. The summed E-state index contributed by atoms with van der Waals surface area (Å²) in [6.07, 6.45) is 4.65. The normalized spacial score (nSPS) is 17.8. The summed E-state index contributed by atoms with van der Waals surface area (Å²) in [6.45, 7) is 0.723. The fraction of sp³-hybridized carbons (Fsp3) is 0.333. The van der Waals surface area contributed by atoms with Crippen LogP contribution in [0.3, 0.4) is 0 Å². The molecule has 4 rings (SSSR count). The van der Waals surface area contributed by atoms with Gasteiger partial charge in [-0.3, -0.25) is 10.2 Å². The first-order valence-electron chi connectivity index (χ1n) is 8.98. The molecule has 0 amide bonds. The van der Waals surface area contributed by atoms with Crippen LogP contribution in [0.5, 0.6) is 5.75 Å². The summed E-state index contributed by atoms with van der Waals surface area (Å²) >= 11 is 0. The number of hydrogen-bond acceptors (Lipinski definition) is 5. The Hall–Kier alpha value is -2.72. The van der Waals surface area contributed by atoms with Gasteiger partial charge in [0, 0.05) is 24.9 Å². The highest BCUT2D eigenvalue weighted by Crippen LogP contribution is 2.35. The molecule has 0 unspecified atom stereocenters. The topological polar surface area (TPSA) is 104 Å². The largest absolute Gasteiger partial charge is 0.490 e. The SMILES string of the molecule is O=S(=O)(c1cn[nH]c1)N1CCC[C@@H]1c1cc(CCOc2ccccc2F)[nH]n1. The van der Waals surface area contributed by atoms with E-state index >= 15 is 0 Å². The highest BCUT2D eigenvalue weighted by atomic mass is 32.2. The van der Waals surface area contributed by atoms with Gasteiger partial charge in [0.05, 0.1) is 24.5 Å². The van der Waals surface area contributed by atoms with Crippen molar-refractivity contribution in [1.82, 2.24) is 24.7 Å². The molecule has 0 bridgehead atoms. The summed E-state index contributed by atoms with van der Waals surface area (Å²) in [7, 11) is -3.62. The third kappa shape index (κ3) is 3.65. The number of aromatic amines is 2. The van der Waals surface area contributed by atoms with Gasteiger partial charge in [-0.2, -0.15) is 14.5 Å². The molecule has 1 saturated heterocycles. The molecule has 3 heterocycles. The van der Waals surface area contributed by atoms with Crippen molar-refractivity contribution >= 4 is 10.0 Å². The zero-order valence-corrected chi connectivity index (χ0v) is 15.8. The monoisotopic (exact) mass is 405 g/mol. The molecular weight excluding hydrogens is 385 g/mol. The molecule has 1 aliphatic heterocycles. The van der Waals surface area contributed by atoms with Gasteiger partial charge in [0.1, 0.15) is 4.90 Å². The van der Waals surface area contributed by atoms with Crippen molar-refractivity contribution in [1.29, 1.82) is 0 Å². The van der Waals surface area contributed by atoms with Crippen LogP contribution in [0, 0.1) is 5.82 Å². The van der Waals surface area contributed by atoms with Crippen LogP contribution in [0.25, 0.3) is 0 Å². The second kappa shape index (κ2) is 7.72. The number of para-hydroxylation sites is 1. The standard InChI is InChI=1S/C18H20FN5O3S/c19-15-4-1-2-6-18(15)27-9-7-13-10-16(23-22-13)17-5-3-8-24(17)28(25,26)14-11-20-21-12-14/h1-2,4,6,10-12,17H,3,5,7-9H2,(H,20,21)(H,22,23)/t17-/m1/s1. The number of aromatic nitrogens is 4. The Balaban J connectivity index is 1.43. The van der Waals surface area contributed by atoms with Crippen molar-refractivity contribution in [3.05, 3.63) is 59.9 Å². The number of H-pyrrole nitrogens is 2. The number of nitrogens with one attached hydrogen (secondary N) is 2. The summed E-state index contributed by atoms with van der Waals surface area (Å²) in [5, 5.41) is 13.5. The summed E-state index contributed by atoms with van der Waals surface area (Å²) < 4.78 is 46.1. The van der Waals surface area contributed by atoms with E-state index in [-0.39, 0.29) is 23.3 Å². The Bertz CT molecular complexity index is 1040. The molecule has 0 spiro atoms. The molecule has 10 heteroatoms. The quantitative estimate of drug-likeness (QED) is 0.628. The Labute approximate surface area is 161 Å². The van der Waals surface area contributed by atoms with E-state index in [1.165, 1.54) is 22.8 Å². The molecule has 28 heavy (non-hydrogen) atoms. The van der Waals surface area contributed by atoms with Gasteiger partial charge in [-0.15, -0.1) is 0 Å². The molecule has 2 N–H and O–H groups in total. The molecule has 1 aromatic carbocycles. The second-order valence-corrected chi connectivity index (χ2v) is 8.45. The van der Waals surface area contributed by atoms with Gasteiger partial charge in [0.25, 0.3) is 0 Å². The first-order valence-corrected chi connectivity index (χ1v) is 10.4. The van der Waals surface area contributed by atoms with Gasteiger partial charge >= 0.3 is 0 Å². The minimum absolute atomic E-state index is 0.147. The van der Waals surface area contributed by atoms with Crippen LogP contribution in [-0.4, -0.2) is 46.3 Å². The maximum absolute atomic E-state index is 13.6. The van der Waals surface area contributed by atoms with Crippen LogP contribution in [0.2, 0.25) is 0 Å². The molecule has 3 aromatic rings. The smallest absolute Gasteiger partial charge is 0.246 e. The third-order valence-corrected chi connectivity index (χ3v) is 6.61. The van der Waals surface area contributed by atoms with E-state index in [0.29, 0.717) is 25.1 Å². The van der Waals surface area contributed by atoms with E-state index in [9.17, 15) is 12.8 Å². The number of ether oxygens (including phenoxy) is 1. The first kappa shape index (κ1) is 18.6. The van der Waals surface area contributed by atoms with E-state index in [4.69, 9.17) is 4.74 Å². The highest BCUT2D eigenvalue weighted by molar-refractivity contribution is 7.89. The van der Waals surface area contributed by atoms with Crippen LogP contribution in [0.4, 0.5) is 4.39 Å². The molecule has 2 aromatic heterocycles. The van der Waals surface area contributed by atoms with Crippen molar-refractivity contribution < 1.29 is 17.5 Å². The van der Waals surface area contributed by atoms with E-state index < -0.39 is 15.8 Å². The lowest BCUT2D eigenvalue weighted by molar-refractivity contribution is 0.304. The molecule has 1 aliphatic rings. The van der Waals surface area contributed by atoms with Crippen LogP contribution < -0.4 is 4.74 Å². The Morgan fingerprint density at radius 3 is 2.96 bits per heavy atom. The zero-order chi connectivity index (χ0) is 19.6. The number of hydrogen-bond donors (Lipinski definition) is 2. The van der Waals surface area contributed by atoms with Gasteiger partial charge in [-0.1, -0.05) is 12.1 Å². The number of nitrogens with zero attached hydrogens (tertiary/aromatic N) is 3. The number of halogens is 1. The molecule has 0 aliphatic carbocycles. The minimum atomic E-state index is -3.62. The van der Waals surface area contributed by atoms with Crippen LogP contribution in [-0.2, 0) is 16.4 Å². The Morgan fingerprint density at radius 1 is 1.32 bits per heavy atom. The summed E-state index contributed by atoms with van der Waals surface area (Å²) in [5.41, 5.74) is 1.48. The van der Waals surface area contributed by atoms with E-state index in [1.807, 2.05) is 6.07 Å². The van der Waals surface area contributed by atoms with Crippen molar-refractivity contribution in [2.24, 2.45) is 0 Å². The predicted octanol–water partition coefficient (Wildman–Crippen LogP) is 2.42. The molecule has 148 valence electrons. The van der Waals surface area contributed by atoms with Crippen LogP contribution >= 0.6 is 0 Å².